The fraction of sp³-hybridized carbons (Fsp3) is 0.579. The van der Waals surface area contributed by atoms with Crippen LogP contribution in [-0.2, 0) is 11.2 Å². The van der Waals surface area contributed by atoms with Gasteiger partial charge < -0.3 is 9.47 Å². The van der Waals surface area contributed by atoms with E-state index in [1.165, 1.54) is 0 Å². The zero-order valence-electron chi connectivity index (χ0n) is 14.9. The second-order valence-electron chi connectivity index (χ2n) is 7.17. The number of aromatic nitrogens is 4. The molecule has 0 radical (unpaired) electrons. The van der Waals surface area contributed by atoms with E-state index in [4.69, 9.17) is 0 Å². The standard InChI is InChI=1S/C19H25N5O/c1-3-13(4-2)19(25)23-11-15-7-8-17-21-22-18(24(17)16(15)12-23)14-6-5-9-20-10-14/h5-6,9-10,13,15-16H,3-4,7-8,11-12H2,1-2H3/t15-,16+/m1/s1. The summed E-state index contributed by atoms with van der Waals surface area (Å²) in [6, 6.07) is 4.23. The van der Waals surface area contributed by atoms with E-state index in [0.29, 0.717) is 11.8 Å². The van der Waals surface area contributed by atoms with Crippen molar-refractivity contribution < 1.29 is 4.79 Å². The molecule has 6 heteroatoms. The fourth-order valence-corrected chi connectivity index (χ4v) is 4.36. The molecule has 0 bridgehead atoms. The topological polar surface area (TPSA) is 63.9 Å². The minimum Gasteiger partial charge on any atom is -0.340 e. The molecule has 2 aromatic heterocycles. The summed E-state index contributed by atoms with van der Waals surface area (Å²) < 4.78 is 2.27. The smallest absolute Gasteiger partial charge is 0.225 e. The minimum atomic E-state index is 0.151. The number of fused-ring (bicyclic) bond motifs is 3. The molecule has 1 amide bonds. The molecule has 4 heterocycles. The first-order chi connectivity index (χ1) is 12.2. The van der Waals surface area contributed by atoms with Crippen LogP contribution in [0.1, 0.15) is 45.0 Å². The maximum absolute atomic E-state index is 12.8. The summed E-state index contributed by atoms with van der Waals surface area (Å²) in [5.41, 5.74) is 0.992. The Morgan fingerprint density at radius 1 is 1.28 bits per heavy atom. The zero-order chi connectivity index (χ0) is 17.4. The van der Waals surface area contributed by atoms with Gasteiger partial charge in [0.2, 0.25) is 5.91 Å². The number of nitrogens with zero attached hydrogens (tertiary/aromatic N) is 5. The van der Waals surface area contributed by atoms with E-state index in [-0.39, 0.29) is 12.0 Å². The number of aryl methyl sites for hydroxylation is 1. The van der Waals surface area contributed by atoms with E-state index in [1.54, 1.807) is 6.20 Å². The van der Waals surface area contributed by atoms with Gasteiger partial charge in [-0.3, -0.25) is 9.78 Å². The SMILES string of the molecule is CCC(CC)C(=O)N1C[C@H]2CCc3nnc(-c4cccnc4)n3[C@H]2C1. The molecule has 0 aliphatic carbocycles. The Labute approximate surface area is 148 Å². The van der Waals surface area contributed by atoms with Gasteiger partial charge in [-0.05, 0) is 37.3 Å². The van der Waals surface area contributed by atoms with E-state index in [9.17, 15) is 4.79 Å². The fourth-order valence-electron chi connectivity index (χ4n) is 4.36. The summed E-state index contributed by atoms with van der Waals surface area (Å²) in [7, 11) is 0. The molecule has 0 aromatic carbocycles. The molecule has 0 saturated carbocycles. The van der Waals surface area contributed by atoms with Crippen molar-refractivity contribution in [3.8, 4) is 11.4 Å². The molecule has 2 aliphatic rings. The number of amides is 1. The highest BCUT2D eigenvalue weighted by atomic mass is 16.2. The van der Waals surface area contributed by atoms with Gasteiger partial charge in [0.1, 0.15) is 5.82 Å². The van der Waals surface area contributed by atoms with Gasteiger partial charge in [0.05, 0.1) is 6.04 Å². The number of rotatable bonds is 4. The van der Waals surface area contributed by atoms with E-state index >= 15 is 0 Å². The minimum absolute atomic E-state index is 0.151. The van der Waals surface area contributed by atoms with Gasteiger partial charge >= 0.3 is 0 Å². The molecule has 132 valence electrons. The lowest BCUT2D eigenvalue weighted by molar-refractivity contribution is -0.134. The molecular weight excluding hydrogens is 314 g/mol. The highest BCUT2D eigenvalue weighted by molar-refractivity contribution is 5.79. The summed E-state index contributed by atoms with van der Waals surface area (Å²) >= 11 is 0. The van der Waals surface area contributed by atoms with Crippen LogP contribution in [0.5, 0.6) is 0 Å². The molecule has 2 aliphatic heterocycles. The number of likely N-dealkylation sites (tertiary alicyclic amines) is 1. The van der Waals surface area contributed by atoms with Crippen molar-refractivity contribution in [3.63, 3.8) is 0 Å². The van der Waals surface area contributed by atoms with Gasteiger partial charge in [-0.15, -0.1) is 10.2 Å². The molecule has 1 saturated heterocycles. The lowest BCUT2D eigenvalue weighted by Gasteiger charge is -2.27. The monoisotopic (exact) mass is 339 g/mol. The Bertz CT molecular complexity index is 752. The first-order valence-corrected chi connectivity index (χ1v) is 9.35. The van der Waals surface area contributed by atoms with E-state index in [1.807, 2.05) is 18.3 Å². The quantitative estimate of drug-likeness (QED) is 0.859. The predicted molar refractivity (Wildman–Crippen MR) is 94.8 cm³/mol. The normalized spacial score (nSPS) is 22.1. The molecule has 2 aromatic rings. The first kappa shape index (κ1) is 16.2. The Hall–Kier alpha value is -2.24. The molecule has 0 spiro atoms. The highest BCUT2D eigenvalue weighted by Crippen LogP contribution is 2.39. The van der Waals surface area contributed by atoms with Crippen molar-refractivity contribution in [3.05, 3.63) is 30.4 Å². The molecule has 6 nitrogen and oxygen atoms in total. The van der Waals surface area contributed by atoms with E-state index in [2.05, 4.69) is 38.5 Å². The summed E-state index contributed by atoms with van der Waals surface area (Å²) in [5.74, 6) is 2.89. The molecule has 2 atom stereocenters. The maximum atomic E-state index is 12.8. The average molecular weight is 339 g/mol. The van der Waals surface area contributed by atoms with Crippen LogP contribution in [0.3, 0.4) is 0 Å². The summed E-state index contributed by atoms with van der Waals surface area (Å²) in [6.45, 7) is 5.85. The molecule has 4 rings (SSSR count). The molecule has 25 heavy (non-hydrogen) atoms. The highest BCUT2D eigenvalue weighted by Gasteiger charge is 2.42. The molecule has 0 N–H and O–H groups in total. The van der Waals surface area contributed by atoms with Crippen molar-refractivity contribution in [2.75, 3.05) is 13.1 Å². The van der Waals surface area contributed by atoms with Crippen LogP contribution >= 0.6 is 0 Å². The Balaban J connectivity index is 1.64. The summed E-state index contributed by atoms with van der Waals surface area (Å²) in [6.07, 6.45) is 7.46. The van der Waals surface area contributed by atoms with Crippen LogP contribution in [0.25, 0.3) is 11.4 Å². The molecule has 1 fully saturated rings. The number of carbonyl (C=O) groups excluding carboxylic acids is 1. The first-order valence-electron chi connectivity index (χ1n) is 9.35. The van der Waals surface area contributed by atoms with Crippen LogP contribution in [0.2, 0.25) is 0 Å². The van der Waals surface area contributed by atoms with Gasteiger partial charge in [-0.25, -0.2) is 0 Å². The van der Waals surface area contributed by atoms with Gasteiger partial charge in [-0.2, -0.15) is 0 Å². The van der Waals surface area contributed by atoms with Crippen LogP contribution in [0, 0.1) is 11.8 Å². The van der Waals surface area contributed by atoms with E-state index < -0.39 is 0 Å². The van der Waals surface area contributed by atoms with Crippen LogP contribution < -0.4 is 0 Å². The predicted octanol–water partition coefficient (Wildman–Crippen LogP) is 2.72. The van der Waals surface area contributed by atoms with Crippen molar-refractivity contribution in [1.29, 1.82) is 0 Å². The Kier molecular flexibility index (Phi) is 4.27. The third-order valence-corrected chi connectivity index (χ3v) is 5.81. The van der Waals surface area contributed by atoms with Crippen LogP contribution in [0.4, 0.5) is 0 Å². The average Bonchev–Trinajstić information content (AvgIpc) is 3.27. The number of hydrogen-bond acceptors (Lipinski definition) is 4. The number of pyridine rings is 1. The lowest BCUT2D eigenvalue weighted by atomic mass is 9.93. The van der Waals surface area contributed by atoms with Gasteiger partial charge in [-0.1, -0.05) is 13.8 Å². The third-order valence-electron chi connectivity index (χ3n) is 5.81. The van der Waals surface area contributed by atoms with Crippen molar-refractivity contribution >= 4 is 5.91 Å². The van der Waals surface area contributed by atoms with Gasteiger partial charge in [0.15, 0.2) is 5.82 Å². The zero-order valence-corrected chi connectivity index (χ0v) is 14.9. The number of hydrogen-bond donors (Lipinski definition) is 0. The lowest BCUT2D eigenvalue weighted by Crippen LogP contribution is -2.34. The molecular formula is C19H25N5O. The Morgan fingerprint density at radius 3 is 2.84 bits per heavy atom. The van der Waals surface area contributed by atoms with Crippen molar-refractivity contribution in [2.45, 2.75) is 45.6 Å². The Morgan fingerprint density at radius 2 is 2.12 bits per heavy atom. The second kappa shape index (κ2) is 6.58. The summed E-state index contributed by atoms with van der Waals surface area (Å²) in [4.78, 5) is 19.1. The van der Waals surface area contributed by atoms with Gasteiger partial charge in [0.25, 0.3) is 0 Å². The van der Waals surface area contributed by atoms with E-state index in [0.717, 1.165) is 56.0 Å². The van der Waals surface area contributed by atoms with Crippen LogP contribution in [0.15, 0.2) is 24.5 Å². The van der Waals surface area contributed by atoms with Crippen molar-refractivity contribution in [1.82, 2.24) is 24.6 Å². The number of carbonyl (C=O) groups is 1. The van der Waals surface area contributed by atoms with Gasteiger partial charge in [0, 0.05) is 43.4 Å². The summed E-state index contributed by atoms with van der Waals surface area (Å²) in [5, 5.41) is 8.85. The van der Waals surface area contributed by atoms with Crippen molar-refractivity contribution in [2.24, 2.45) is 11.8 Å². The van der Waals surface area contributed by atoms with Crippen LogP contribution in [-0.4, -0.2) is 43.6 Å². The third kappa shape index (κ3) is 2.73. The largest absolute Gasteiger partial charge is 0.340 e. The molecule has 0 unspecified atom stereocenters. The second-order valence-corrected chi connectivity index (χ2v) is 7.17. The maximum Gasteiger partial charge on any atom is 0.225 e.